The van der Waals surface area contributed by atoms with Gasteiger partial charge in [0.1, 0.15) is 12.4 Å². The molecule has 1 N–H and O–H groups in total. The molecule has 5 heteroatoms. The van der Waals surface area contributed by atoms with Crippen LogP contribution in [0.25, 0.3) is 6.08 Å². The normalized spacial score (nSPS) is 10.6. The Kier molecular flexibility index (Phi) is 6.77. The maximum Gasteiger partial charge on any atom is 0.305 e. The van der Waals surface area contributed by atoms with E-state index in [0.717, 1.165) is 16.9 Å². The fourth-order valence-electron chi connectivity index (χ4n) is 2.08. The average Bonchev–Trinajstić information content (AvgIpc) is 2.64. The number of aliphatic carboxylic acids is 1. The summed E-state index contributed by atoms with van der Waals surface area (Å²) in [5.41, 5.74) is 1.97. The van der Waals surface area contributed by atoms with E-state index in [2.05, 4.69) is 0 Å². The summed E-state index contributed by atoms with van der Waals surface area (Å²) in [5.74, 6) is -0.397. The van der Waals surface area contributed by atoms with E-state index >= 15 is 0 Å². The lowest BCUT2D eigenvalue weighted by molar-refractivity contribution is -0.137. The van der Waals surface area contributed by atoms with Gasteiger partial charge in [-0.05, 0) is 29.3 Å². The van der Waals surface area contributed by atoms with E-state index in [1.807, 2.05) is 54.6 Å². The van der Waals surface area contributed by atoms with Crippen molar-refractivity contribution in [3.63, 3.8) is 0 Å². The highest BCUT2D eigenvalue weighted by Gasteiger charge is 2.06. The van der Waals surface area contributed by atoms with Crippen LogP contribution in [0.2, 0.25) is 0 Å². The van der Waals surface area contributed by atoms with Crippen molar-refractivity contribution in [3.8, 4) is 5.75 Å². The Morgan fingerprint density at radius 1 is 1.08 bits per heavy atom. The molecule has 130 valence electrons. The Bertz CT molecular complexity index is 723. The summed E-state index contributed by atoms with van der Waals surface area (Å²) < 4.78 is 5.71. The molecule has 0 saturated carbocycles. The summed E-state index contributed by atoms with van der Waals surface area (Å²) in [4.78, 5) is 23.8. The van der Waals surface area contributed by atoms with Crippen molar-refractivity contribution in [3.05, 3.63) is 71.8 Å². The molecule has 0 aliphatic carbocycles. The number of nitrogens with zero attached hydrogens (tertiary/aromatic N) is 1. The minimum absolute atomic E-state index is 0.0659. The third kappa shape index (κ3) is 6.51. The number of rotatable bonds is 8. The fourth-order valence-corrected chi connectivity index (χ4v) is 2.08. The molecule has 0 aromatic heterocycles. The van der Waals surface area contributed by atoms with Crippen LogP contribution in [0, 0.1) is 0 Å². The number of likely N-dealkylation sites (N-methyl/N-ethyl adjacent to an activating group) is 1. The molecule has 0 aliphatic heterocycles. The molecule has 1 amide bonds. The number of hydrogen-bond donors (Lipinski definition) is 1. The predicted octanol–water partition coefficient (Wildman–Crippen LogP) is 3.21. The molecule has 0 aliphatic rings. The van der Waals surface area contributed by atoms with Gasteiger partial charge >= 0.3 is 5.97 Å². The van der Waals surface area contributed by atoms with Crippen LogP contribution in [0.5, 0.6) is 5.75 Å². The first kappa shape index (κ1) is 18.3. The molecule has 0 fully saturated rings. The number of carboxylic acids is 1. The van der Waals surface area contributed by atoms with Gasteiger partial charge in [0, 0.05) is 19.7 Å². The van der Waals surface area contributed by atoms with E-state index < -0.39 is 5.97 Å². The number of carboxylic acid groups (broad SMARTS) is 1. The molecule has 0 radical (unpaired) electrons. The number of hydrogen-bond acceptors (Lipinski definition) is 3. The van der Waals surface area contributed by atoms with Crippen LogP contribution in [-0.4, -0.2) is 35.5 Å². The second kappa shape index (κ2) is 9.27. The lowest BCUT2D eigenvalue weighted by Gasteiger charge is -2.13. The molecule has 0 atom stereocenters. The molecule has 0 unspecified atom stereocenters. The zero-order valence-electron chi connectivity index (χ0n) is 14.1. The summed E-state index contributed by atoms with van der Waals surface area (Å²) in [7, 11) is 1.58. The van der Waals surface area contributed by atoms with E-state index in [4.69, 9.17) is 9.84 Å². The lowest BCUT2D eigenvalue weighted by atomic mass is 10.2. The van der Waals surface area contributed by atoms with Crippen LogP contribution in [0.1, 0.15) is 17.5 Å². The van der Waals surface area contributed by atoms with Gasteiger partial charge in [-0.1, -0.05) is 42.5 Å². The van der Waals surface area contributed by atoms with Crippen LogP contribution < -0.4 is 4.74 Å². The van der Waals surface area contributed by atoms with Gasteiger partial charge in [-0.25, -0.2) is 0 Å². The van der Waals surface area contributed by atoms with Crippen LogP contribution in [0.3, 0.4) is 0 Å². The van der Waals surface area contributed by atoms with Gasteiger partial charge in [0.05, 0.1) is 6.42 Å². The van der Waals surface area contributed by atoms with Crippen molar-refractivity contribution in [2.45, 2.75) is 13.0 Å². The Morgan fingerprint density at radius 3 is 2.40 bits per heavy atom. The van der Waals surface area contributed by atoms with E-state index in [-0.39, 0.29) is 18.9 Å². The van der Waals surface area contributed by atoms with Gasteiger partial charge in [0.25, 0.3) is 0 Å². The summed E-state index contributed by atoms with van der Waals surface area (Å²) in [5, 5.41) is 8.63. The Balaban J connectivity index is 1.84. The van der Waals surface area contributed by atoms with Gasteiger partial charge in [-0.3, -0.25) is 9.59 Å². The highest BCUT2D eigenvalue weighted by atomic mass is 16.5. The SMILES string of the molecule is CN(CCC(=O)O)C(=O)/C=C/c1ccc(OCc2ccccc2)cc1. The maximum absolute atomic E-state index is 11.9. The van der Waals surface area contributed by atoms with Crippen LogP contribution in [-0.2, 0) is 16.2 Å². The molecule has 2 rings (SSSR count). The second-order valence-electron chi connectivity index (χ2n) is 5.58. The molecule has 25 heavy (non-hydrogen) atoms. The highest BCUT2D eigenvalue weighted by molar-refractivity contribution is 5.91. The zero-order chi connectivity index (χ0) is 18.1. The molecule has 0 bridgehead atoms. The third-order valence-corrected chi connectivity index (χ3v) is 3.58. The maximum atomic E-state index is 11.9. The number of carbonyl (C=O) groups is 2. The topological polar surface area (TPSA) is 66.8 Å². The first-order chi connectivity index (χ1) is 12.0. The summed E-state index contributed by atoms with van der Waals surface area (Å²) in [6.07, 6.45) is 3.06. The average molecular weight is 339 g/mol. The van der Waals surface area contributed by atoms with Crippen molar-refractivity contribution in [2.24, 2.45) is 0 Å². The second-order valence-corrected chi connectivity index (χ2v) is 5.58. The minimum atomic E-state index is -0.922. The number of benzene rings is 2. The van der Waals surface area contributed by atoms with Gasteiger partial charge < -0.3 is 14.7 Å². The largest absolute Gasteiger partial charge is 0.489 e. The van der Waals surface area contributed by atoms with Crippen LogP contribution >= 0.6 is 0 Å². The van der Waals surface area contributed by atoms with Crippen LogP contribution in [0.4, 0.5) is 0 Å². The molecule has 0 heterocycles. The van der Waals surface area contributed by atoms with Crippen molar-refractivity contribution < 1.29 is 19.4 Å². The smallest absolute Gasteiger partial charge is 0.305 e. The number of ether oxygens (including phenoxy) is 1. The Morgan fingerprint density at radius 2 is 1.76 bits per heavy atom. The van der Waals surface area contributed by atoms with Crippen molar-refractivity contribution in [2.75, 3.05) is 13.6 Å². The third-order valence-electron chi connectivity index (χ3n) is 3.58. The molecule has 5 nitrogen and oxygen atoms in total. The van der Waals surface area contributed by atoms with E-state index in [9.17, 15) is 9.59 Å². The Labute approximate surface area is 147 Å². The minimum Gasteiger partial charge on any atom is -0.489 e. The van der Waals surface area contributed by atoms with Crippen molar-refractivity contribution in [1.29, 1.82) is 0 Å². The molecular weight excluding hydrogens is 318 g/mol. The summed E-state index contributed by atoms with van der Waals surface area (Å²) in [6, 6.07) is 17.3. The van der Waals surface area contributed by atoms with Gasteiger partial charge in [0.2, 0.25) is 5.91 Å². The fraction of sp³-hybridized carbons (Fsp3) is 0.200. The number of amides is 1. The van der Waals surface area contributed by atoms with E-state index in [0.29, 0.717) is 6.61 Å². The molecule has 2 aromatic carbocycles. The summed E-state index contributed by atoms with van der Waals surface area (Å²) >= 11 is 0. The Hall–Kier alpha value is -3.08. The van der Waals surface area contributed by atoms with Crippen LogP contribution in [0.15, 0.2) is 60.7 Å². The van der Waals surface area contributed by atoms with Gasteiger partial charge in [-0.2, -0.15) is 0 Å². The van der Waals surface area contributed by atoms with Gasteiger partial charge in [-0.15, -0.1) is 0 Å². The standard InChI is InChI=1S/C20H21NO4/c1-21(14-13-20(23)24)19(22)12-9-16-7-10-18(11-8-16)25-15-17-5-3-2-4-6-17/h2-12H,13-15H2,1H3,(H,23,24)/b12-9+. The van der Waals surface area contributed by atoms with Crippen molar-refractivity contribution in [1.82, 2.24) is 4.90 Å². The zero-order valence-corrected chi connectivity index (χ0v) is 14.1. The number of carbonyl (C=O) groups excluding carboxylic acids is 1. The quantitative estimate of drug-likeness (QED) is 0.750. The monoisotopic (exact) mass is 339 g/mol. The molecule has 0 saturated heterocycles. The molecule has 2 aromatic rings. The van der Waals surface area contributed by atoms with Gasteiger partial charge in [0.15, 0.2) is 0 Å². The summed E-state index contributed by atoms with van der Waals surface area (Å²) in [6.45, 7) is 0.688. The first-order valence-corrected chi connectivity index (χ1v) is 7.96. The van der Waals surface area contributed by atoms with E-state index in [1.165, 1.54) is 11.0 Å². The molecular formula is C20H21NO4. The van der Waals surface area contributed by atoms with E-state index in [1.54, 1.807) is 13.1 Å². The lowest BCUT2D eigenvalue weighted by Crippen LogP contribution is -2.27. The highest BCUT2D eigenvalue weighted by Crippen LogP contribution is 2.15. The predicted molar refractivity (Wildman–Crippen MR) is 96.1 cm³/mol. The molecule has 0 spiro atoms. The first-order valence-electron chi connectivity index (χ1n) is 7.96. The van der Waals surface area contributed by atoms with Crippen molar-refractivity contribution >= 4 is 18.0 Å².